The lowest BCUT2D eigenvalue weighted by atomic mass is 10.0. The van der Waals surface area contributed by atoms with Crippen LogP contribution in [0.2, 0.25) is 0 Å². The highest BCUT2D eigenvalue weighted by Gasteiger charge is 2.26. The Hall–Kier alpha value is -3.10. The maximum atomic E-state index is 14.4. The lowest BCUT2D eigenvalue weighted by molar-refractivity contribution is 0.122. The fraction of sp³-hybridized carbons (Fsp3) is 0.360. The molecule has 1 fully saturated rings. The van der Waals surface area contributed by atoms with Crippen LogP contribution >= 0.6 is 0 Å². The monoisotopic (exact) mass is 452 g/mol. The van der Waals surface area contributed by atoms with Crippen molar-refractivity contribution in [3.05, 3.63) is 76.5 Å². The first kappa shape index (κ1) is 21.7. The number of nitrogens with zero attached hydrogens (tertiary/aromatic N) is 4. The summed E-state index contributed by atoms with van der Waals surface area (Å²) in [4.78, 5) is 13.8. The van der Waals surface area contributed by atoms with Crippen LogP contribution in [0.5, 0.6) is 11.6 Å². The van der Waals surface area contributed by atoms with E-state index in [1.165, 1.54) is 18.2 Å². The Morgan fingerprint density at radius 1 is 1.03 bits per heavy atom. The largest absolute Gasteiger partial charge is 0.438 e. The van der Waals surface area contributed by atoms with Crippen LogP contribution in [0.4, 0.5) is 14.7 Å². The minimum Gasteiger partial charge on any atom is -0.438 e. The van der Waals surface area contributed by atoms with E-state index in [0.29, 0.717) is 69.0 Å². The summed E-state index contributed by atoms with van der Waals surface area (Å²) in [5.74, 6) is 0.815. The number of benzene rings is 2. The number of fused-ring (bicyclic) bond motifs is 1. The van der Waals surface area contributed by atoms with E-state index >= 15 is 0 Å². The summed E-state index contributed by atoms with van der Waals surface area (Å²) in [6.07, 6.45) is 0.697. The molecule has 0 bridgehead atoms. The van der Waals surface area contributed by atoms with Gasteiger partial charge in [-0.05, 0) is 25.1 Å². The first-order valence-corrected chi connectivity index (χ1v) is 11.2. The van der Waals surface area contributed by atoms with Gasteiger partial charge in [-0.3, -0.25) is 4.90 Å². The molecular weight excluding hydrogens is 426 g/mol. The highest BCUT2D eigenvalue weighted by molar-refractivity contribution is 5.44. The number of aromatic nitrogens is 2. The first-order chi connectivity index (χ1) is 16.0. The van der Waals surface area contributed by atoms with E-state index in [0.717, 1.165) is 23.4 Å². The van der Waals surface area contributed by atoms with E-state index in [1.54, 1.807) is 18.2 Å². The van der Waals surface area contributed by atoms with E-state index in [1.807, 2.05) is 13.0 Å². The van der Waals surface area contributed by atoms with Crippen LogP contribution in [-0.2, 0) is 24.2 Å². The molecule has 33 heavy (non-hydrogen) atoms. The van der Waals surface area contributed by atoms with Crippen LogP contribution in [0, 0.1) is 18.6 Å². The number of aryl methyl sites for hydroxylation is 1. The molecule has 1 aromatic heterocycles. The average Bonchev–Trinajstić information content (AvgIpc) is 2.82. The summed E-state index contributed by atoms with van der Waals surface area (Å²) in [5, 5.41) is 0. The standard InChI is InChI=1S/C25H26F2N4O2/c1-17-5-6-22(27)18(13-17)15-30-8-7-23-21(16-30)24(33-20-4-2-3-19(26)14-20)29-25(28-23)31-9-11-32-12-10-31/h2-6,13-14H,7-12,15-16H2,1H3. The number of hydrogen-bond donors (Lipinski definition) is 0. The fourth-order valence-corrected chi connectivity index (χ4v) is 4.26. The van der Waals surface area contributed by atoms with Gasteiger partial charge in [0.2, 0.25) is 11.8 Å². The number of ether oxygens (including phenoxy) is 2. The van der Waals surface area contributed by atoms with Gasteiger partial charge < -0.3 is 14.4 Å². The quantitative estimate of drug-likeness (QED) is 0.577. The SMILES string of the molecule is Cc1ccc(F)c(CN2CCc3nc(N4CCOCC4)nc(Oc4cccc(F)c4)c3C2)c1. The molecule has 0 amide bonds. The second-order valence-corrected chi connectivity index (χ2v) is 8.47. The molecule has 172 valence electrons. The number of halogens is 2. The Kier molecular flexibility index (Phi) is 6.20. The molecule has 2 aliphatic heterocycles. The Balaban J connectivity index is 1.46. The summed E-state index contributed by atoms with van der Waals surface area (Å²) >= 11 is 0. The van der Waals surface area contributed by atoms with Crippen molar-refractivity contribution in [2.45, 2.75) is 26.4 Å². The van der Waals surface area contributed by atoms with E-state index in [4.69, 9.17) is 19.4 Å². The molecule has 0 saturated carbocycles. The van der Waals surface area contributed by atoms with Gasteiger partial charge in [-0.25, -0.2) is 13.8 Å². The van der Waals surface area contributed by atoms with Gasteiger partial charge in [-0.15, -0.1) is 0 Å². The molecular formula is C25H26F2N4O2. The van der Waals surface area contributed by atoms with Gasteiger partial charge in [0, 0.05) is 50.8 Å². The molecule has 0 unspecified atom stereocenters. The van der Waals surface area contributed by atoms with Crippen molar-refractivity contribution in [2.24, 2.45) is 0 Å². The van der Waals surface area contributed by atoms with Gasteiger partial charge in [0.15, 0.2) is 0 Å². The Morgan fingerprint density at radius 3 is 2.70 bits per heavy atom. The van der Waals surface area contributed by atoms with Crippen LogP contribution in [-0.4, -0.2) is 47.7 Å². The van der Waals surface area contributed by atoms with Crippen molar-refractivity contribution in [2.75, 3.05) is 37.7 Å². The van der Waals surface area contributed by atoms with Crippen LogP contribution in [0.3, 0.4) is 0 Å². The predicted molar refractivity (Wildman–Crippen MR) is 120 cm³/mol. The van der Waals surface area contributed by atoms with Gasteiger partial charge in [0.1, 0.15) is 17.4 Å². The predicted octanol–water partition coefficient (Wildman–Crippen LogP) is 4.25. The van der Waals surface area contributed by atoms with Crippen LogP contribution < -0.4 is 9.64 Å². The van der Waals surface area contributed by atoms with Gasteiger partial charge in [0.25, 0.3) is 0 Å². The van der Waals surface area contributed by atoms with Crippen LogP contribution in [0.15, 0.2) is 42.5 Å². The molecule has 2 aliphatic rings. The number of rotatable bonds is 5. The topological polar surface area (TPSA) is 50.7 Å². The molecule has 6 nitrogen and oxygen atoms in total. The third kappa shape index (κ3) is 4.96. The molecule has 0 aliphatic carbocycles. The minimum absolute atomic E-state index is 0.207. The molecule has 2 aromatic carbocycles. The maximum Gasteiger partial charge on any atom is 0.229 e. The molecule has 0 radical (unpaired) electrons. The molecule has 0 spiro atoms. The zero-order valence-corrected chi connectivity index (χ0v) is 18.6. The molecule has 1 saturated heterocycles. The zero-order chi connectivity index (χ0) is 22.8. The number of anilines is 1. The second-order valence-electron chi connectivity index (χ2n) is 8.47. The van der Waals surface area contributed by atoms with Gasteiger partial charge >= 0.3 is 0 Å². The highest BCUT2D eigenvalue weighted by Crippen LogP contribution is 2.32. The Bertz CT molecular complexity index is 1150. The summed E-state index contributed by atoms with van der Waals surface area (Å²) in [6, 6.07) is 11.2. The molecule has 0 N–H and O–H groups in total. The van der Waals surface area contributed by atoms with Crippen molar-refractivity contribution in [1.29, 1.82) is 0 Å². The van der Waals surface area contributed by atoms with Crippen molar-refractivity contribution in [1.82, 2.24) is 14.9 Å². The number of hydrogen-bond acceptors (Lipinski definition) is 6. The number of morpholine rings is 1. The third-order valence-corrected chi connectivity index (χ3v) is 5.99. The normalized spacial score (nSPS) is 16.5. The van der Waals surface area contributed by atoms with Crippen molar-refractivity contribution in [3.8, 4) is 11.6 Å². The van der Waals surface area contributed by atoms with Crippen LogP contribution in [0.1, 0.15) is 22.4 Å². The van der Waals surface area contributed by atoms with Gasteiger partial charge in [-0.2, -0.15) is 4.98 Å². The van der Waals surface area contributed by atoms with E-state index < -0.39 is 0 Å². The lowest BCUT2D eigenvalue weighted by Gasteiger charge is -2.32. The van der Waals surface area contributed by atoms with E-state index in [9.17, 15) is 8.78 Å². The van der Waals surface area contributed by atoms with Crippen molar-refractivity contribution in [3.63, 3.8) is 0 Å². The first-order valence-electron chi connectivity index (χ1n) is 11.2. The molecule has 0 atom stereocenters. The van der Waals surface area contributed by atoms with Gasteiger partial charge in [-0.1, -0.05) is 23.8 Å². The lowest BCUT2D eigenvalue weighted by Crippen LogP contribution is -2.38. The Morgan fingerprint density at radius 2 is 1.88 bits per heavy atom. The van der Waals surface area contributed by atoms with E-state index in [2.05, 4.69) is 9.80 Å². The molecule has 3 aromatic rings. The molecule has 3 heterocycles. The minimum atomic E-state index is -0.375. The van der Waals surface area contributed by atoms with E-state index in [-0.39, 0.29) is 11.6 Å². The summed E-state index contributed by atoms with van der Waals surface area (Å²) in [5.41, 5.74) is 3.46. The highest BCUT2D eigenvalue weighted by atomic mass is 19.1. The summed E-state index contributed by atoms with van der Waals surface area (Å²) in [6.45, 7) is 6.37. The summed E-state index contributed by atoms with van der Waals surface area (Å²) < 4.78 is 39.7. The summed E-state index contributed by atoms with van der Waals surface area (Å²) in [7, 11) is 0. The maximum absolute atomic E-state index is 14.4. The second kappa shape index (κ2) is 9.41. The smallest absolute Gasteiger partial charge is 0.229 e. The Labute approximate surface area is 191 Å². The average molecular weight is 453 g/mol. The fourth-order valence-electron chi connectivity index (χ4n) is 4.26. The molecule has 8 heteroatoms. The van der Waals surface area contributed by atoms with Gasteiger partial charge in [0.05, 0.1) is 24.5 Å². The third-order valence-electron chi connectivity index (χ3n) is 5.99. The van der Waals surface area contributed by atoms with Crippen LogP contribution in [0.25, 0.3) is 0 Å². The molecule has 5 rings (SSSR count). The van der Waals surface area contributed by atoms with Crippen molar-refractivity contribution >= 4 is 5.95 Å². The zero-order valence-electron chi connectivity index (χ0n) is 18.6. The van der Waals surface area contributed by atoms with Crippen molar-refractivity contribution < 1.29 is 18.3 Å².